The fraction of sp³-hybridized carbons (Fsp3) is 0.467. The highest BCUT2D eigenvalue weighted by Gasteiger charge is 1.95. The van der Waals surface area contributed by atoms with Crippen LogP contribution in [0.2, 0.25) is 0 Å². The maximum Gasteiger partial charge on any atom is 0.0717 e. The van der Waals surface area contributed by atoms with Gasteiger partial charge in [-0.05, 0) is 37.1 Å². The van der Waals surface area contributed by atoms with E-state index in [1.54, 1.807) is 0 Å². The summed E-state index contributed by atoms with van der Waals surface area (Å²) in [5.41, 5.74) is 2.61. The number of nitrogens with one attached hydrogen (secondary N) is 1. The van der Waals surface area contributed by atoms with Gasteiger partial charge in [0.1, 0.15) is 0 Å². The van der Waals surface area contributed by atoms with Crippen molar-refractivity contribution < 1.29 is 4.74 Å². The number of hydrogen-bond acceptors (Lipinski definition) is 2. The quantitative estimate of drug-likeness (QED) is 0.523. The van der Waals surface area contributed by atoms with Gasteiger partial charge < -0.3 is 10.1 Å². The predicted octanol–water partition coefficient (Wildman–Crippen LogP) is 2.93. The van der Waals surface area contributed by atoms with Crippen molar-refractivity contribution in [2.75, 3.05) is 19.7 Å². The minimum Gasteiger partial charge on any atom is -0.376 e. The maximum atomic E-state index is 5.51. The second-order valence-electron chi connectivity index (χ2n) is 4.05. The van der Waals surface area contributed by atoms with Gasteiger partial charge >= 0.3 is 0 Å². The molecule has 0 radical (unpaired) electrons. The van der Waals surface area contributed by atoms with Crippen molar-refractivity contribution in [3.63, 3.8) is 0 Å². The van der Waals surface area contributed by atoms with E-state index < -0.39 is 0 Å². The first-order chi connectivity index (χ1) is 8.36. The lowest BCUT2D eigenvalue weighted by Gasteiger charge is -2.05. The van der Waals surface area contributed by atoms with Gasteiger partial charge in [0.25, 0.3) is 0 Å². The van der Waals surface area contributed by atoms with Gasteiger partial charge in [-0.3, -0.25) is 0 Å². The van der Waals surface area contributed by atoms with Crippen molar-refractivity contribution in [1.29, 1.82) is 0 Å². The topological polar surface area (TPSA) is 21.3 Å². The molecular formula is C15H23NO. The third kappa shape index (κ3) is 6.25. The number of rotatable bonds is 9. The normalized spacial score (nSPS) is 10.4. The van der Waals surface area contributed by atoms with Gasteiger partial charge in [0, 0.05) is 0 Å². The molecule has 0 saturated heterocycles. The molecule has 0 unspecified atom stereocenters. The van der Waals surface area contributed by atoms with Crippen molar-refractivity contribution >= 4 is 0 Å². The van der Waals surface area contributed by atoms with E-state index in [1.165, 1.54) is 11.1 Å². The fourth-order valence-corrected chi connectivity index (χ4v) is 1.57. The van der Waals surface area contributed by atoms with Crippen LogP contribution in [-0.2, 0) is 17.8 Å². The van der Waals surface area contributed by atoms with E-state index in [-0.39, 0.29) is 0 Å². The Morgan fingerprint density at radius 3 is 2.59 bits per heavy atom. The lowest BCUT2D eigenvalue weighted by Crippen LogP contribution is -2.15. The molecule has 0 bridgehead atoms. The molecule has 0 aliphatic heterocycles. The van der Waals surface area contributed by atoms with Crippen LogP contribution < -0.4 is 5.32 Å². The predicted molar refractivity (Wildman–Crippen MR) is 73.2 cm³/mol. The smallest absolute Gasteiger partial charge is 0.0717 e. The zero-order valence-corrected chi connectivity index (χ0v) is 10.7. The molecule has 17 heavy (non-hydrogen) atoms. The average Bonchev–Trinajstić information content (AvgIpc) is 2.37. The van der Waals surface area contributed by atoms with Crippen LogP contribution in [0.1, 0.15) is 24.5 Å². The Bertz CT molecular complexity index is 305. The maximum absolute atomic E-state index is 5.51. The number of ether oxygens (including phenoxy) is 1. The Morgan fingerprint density at radius 1 is 1.24 bits per heavy atom. The van der Waals surface area contributed by atoms with E-state index in [2.05, 4.69) is 43.1 Å². The molecule has 0 amide bonds. The van der Waals surface area contributed by atoms with Crippen LogP contribution in [0.25, 0.3) is 0 Å². The van der Waals surface area contributed by atoms with Gasteiger partial charge in [-0.2, -0.15) is 0 Å². The molecule has 0 atom stereocenters. The number of likely N-dealkylation sites (N-methyl/N-ethyl adjacent to an activating group) is 1. The van der Waals surface area contributed by atoms with E-state index in [1.807, 2.05) is 6.08 Å². The average molecular weight is 233 g/mol. The van der Waals surface area contributed by atoms with Crippen LogP contribution in [0.15, 0.2) is 36.9 Å². The largest absolute Gasteiger partial charge is 0.376 e. The Morgan fingerprint density at radius 2 is 1.94 bits per heavy atom. The second kappa shape index (κ2) is 8.97. The highest BCUT2D eigenvalue weighted by molar-refractivity contribution is 5.22. The second-order valence-corrected chi connectivity index (χ2v) is 4.05. The molecule has 2 heteroatoms. The van der Waals surface area contributed by atoms with E-state index in [4.69, 9.17) is 4.74 Å². The third-order valence-corrected chi connectivity index (χ3v) is 2.60. The Kier molecular flexibility index (Phi) is 7.35. The van der Waals surface area contributed by atoms with Crippen molar-refractivity contribution in [2.45, 2.75) is 26.4 Å². The molecule has 0 spiro atoms. The summed E-state index contributed by atoms with van der Waals surface area (Å²) < 4.78 is 5.51. The molecule has 94 valence electrons. The Hall–Kier alpha value is -1.12. The summed E-state index contributed by atoms with van der Waals surface area (Å²) in [7, 11) is 0. The molecule has 1 aromatic rings. The van der Waals surface area contributed by atoms with Crippen LogP contribution in [-0.4, -0.2) is 19.7 Å². The third-order valence-electron chi connectivity index (χ3n) is 2.60. The summed E-state index contributed by atoms with van der Waals surface area (Å²) in [6.07, 6.45) is 3.88. The van der Waals surface area contributed by atoms with Gasteiger partial charge in [0.2, 0.25) is 0 Å². The summed E-state index contributed by atoms with van der Waals surface area (Å²) in [4.78, 5) is 0. The van der Waals surface area contributed by atoms with Crippen molar-refractivity contribution in [1.82, 2.24) is 5.32 Å². The van der Waals surface area contributed by atoms with E-state index in [0.717, 1.165) is 32.5 Å². The zero-order chi connectivity index (χ0) is 12.3. The summed E-state index contributed by atoms with van der Waals surface area (Å²) in [6.45, 7) is 9.33. The van der Waals surface area contributed by atoms with Crippen LogP contribution >= 0.6 is 0 Å². The minimum absolute atomic E-state index is 0.696. The number of hydrogen-bond donors (Lipinski definition) is 1. The molecule has 1 aromatic carbocycles. The molecule has 2 nitrogen and oxygen atoms in total. The van der Waals surface area contributed by atoms with Gasteiger partial charge in [-0.15, -0.1) is 6.58 Å². The molecule has 1 N–H and O–H groups in total. The van der Waals surface area contributed by atoms with E-state index in [0.29, 0.717) is 6.61 Å². The molecule has 0 saturated carbocycles. The molecular weight excluding hydrogens is 210 g/mol. The molecule has 1 rings (SSSR count). The first-order valence-electron chi connectivity index (χ1n) is 6.34. The van der Waals surface area contributed by atoms with Crippen molar-refractivity contribution in [3.05, 3.63) is 48.0 Å². The summed E-state index contributed by atoms with van der Waals surface area (Å²) in [6, 6.07) is 8.66. The summed E-state index contributed by atoms with van der Waals surface area (Å²) >= 11 is 0. The van der Waals surface area contributed by atoms with Gasteiger partial charge in [-0.1, -0.05) is 37.3 Å². The van der Waals surface area contributed by atoms with E-state index >= 15 is 0 Å². The lowest BCUT2D eigenvalue weighted by molar-refractivity contribution is 0.125. The highest BCUT2D eigenvalue weighted by atomic mass is 16.5. The first kappa shape index (κ1) is 13.9. The summed E-state index contributed by atoms with van der Waals surface area (Å²) in [5.74, 6) is 0. The van der Waals surface area contributed by atoms with E-state index in [9.17, 15) is 0 Å². The SMILES string of the molecule is C=CCCOCc1ccc(CCNCC)cc1. The zero-order valence-electron chi connectivity index (χ0n) is 10.7. The Balaban J connectivity index is 2.26. The van der Waals surface area contributed by atoms with Gasteiger partial charge in [0.15, 0.2) is 0 Å². The van der Waals surface area contributed by atoms with Crippen molar-refractivity contribution in [2.24, 2.45) is 0 Å². The van der Waals surface area contributed by atoms with Crippen LogP contribution in [0.3, 0.4) is 0 Å². The van der Waals surface area contributed by atoms with Gasteiger partial charge in [0.05, 0.1) is 13.2 Å². The molecule has 0 heterocycles. The highest BCUT2D eigenvalue weighted by Crippen LogP contribution is 2.06. The number of benzene rings is 1. The molecule has 0 aromatic heterocycles. The van der Waals surface area contributed by atoms with Crippen LogP contribution in [0.4, 0.5) is 0 Å². The standard InChI is InChI=1S/C15H23NO/c1-3-5-12-17-13-15-8-6-14(7-9-15)10-11-16-4-2/h3,6-9,16H,1,4-5,10-13H2,2H3. The lowest BCUT2D eigenvalue weighted by atomic mass is 10.1. The fourth-order valence-electron chi connectivity index (χ4n) is 1.57. The molecule has 0 aliphatic rings. The monoisotopic (exact) mass is 233 g/mol. The van der Waals surface area contributed by atoms with Crippen LogP contribution in [0, 0.1) is 0 Å². The minimum atomic E-state index is 0.696. The summed E-state index contributed by atoms with van der Waals surface area (Å²) in [5, 5.41) is 3.33. The van der Waals surface area contributed by atoms with Crippen molar-refractivity contribution in [3.8, 4) is 0 Å². The molecule has 0 aliphatic carbocycles. The molecule has 0 fully saturated rings. The Labute approximate surface area is 105 Å². The first-order valence-corrected chi connectivity index (χ1v) is 6.34. The van der Waals surface area contributed by atoms with Gasteiger partial charge in [-0.25, -0.2) is 0 Å². The van der Waals surface area contributed by atoms with Crippen LogP contribution in [0.5, 0.6) is 0 Å².